The molecule has 2 aliphatic rings. The fraction of sp³-hybridized carbons (Fsp3) is 0.522. The van der Waals surface area contributed by atoms with Gasteiger partial charge in [-0.25, -0.2) is 32.3 Å². The quantitative estimate of drug-likeness (QED) is 0.101. The molecule has 0 radical (unpaired) electrons. The molecule has 17 nitrogen and oxygen atoms in total. The number of aliphatic hydroxyl groups excluding tert-OH is 1. The zero-order valence-electron chi connectivity index (χ0n) is 39.2. The molecule has 2 aromatic carbocycles. The molecule has 1 amide bonds. The number of nitrogens with zero attached hydrogens (tertiary/aromatic N) is 8. The highest BCUT2D eigenvalue weighted by atomic mass is 32.2. The summed E-state index contributed by atoms with van der Waals surface area (Å²) in [4.78, 5) is 32.5. The number of aliphatic hydroxyl groups is 1. The summed E-state index contributed by atoms with van der Waals surface area (Å²) in [7, 11) is -8.21. The highest BCUT2D eigenvalue weighted by Gasteiger charge is 2.38. The first-order chi connectivity index (χ1) is 32.1. The summed E-state index contributed by atoms with van der Waals surface area (Å²) in [5, 5.41) is 27.9. The predicted octanol–water partition coefficient (Wildman–Crippen LogP) is 7.61. The van der Waals surface area contributed by atoms with Crippen LogP contribution in [0.1, 0.15) is 125 Å². The predicted molar refractivity (Wildman–Crippen MR) is 247 cm³/mol. The summed E-state index contributed by atoms with van der Waals surface area (Å²) < 4.78 is 112. The average molecular weight is 1000 g/mol. The Morgan fingerprint density at radius 1 is 0.681 bits per heavy atom. The highest BCUT2D eigenvalue weighted by molar-refractivity contribution is 7.90. The number of fused-ring (bicyclic) bond motifs is 2. The van der Waals surface area contributed by atoms with Crippen molar-refractivity contribution in [3.8, 4) is 0 Å². The minimum atomic E-state index is -4.11. The van der Waals surface area contributed by atoms with Crippen molar-refractivity contribution in [3.63, 3.8) is 0 Å². The summed E-state index contributed by atoms with van der Waals surface area (Å²) >= 11 is 0. The van der Waals surface area contributed by atoms with Crippen LogP contribution >= 0.6 is 0 Å². The molecule has 2 saturated carbocycles. The lowest BCUT2D eigenvalue weighted by molar-refractivity contribution is -0.0478. The number of aromatic nitrogens is 8. The van der Waals surface area contributed by atoms with E-state index >= 15 is 0 Å². The average Bonchev–Trinajstić information content (AvgIpc) is 4.10. The molecule has 8 rings (SSSR count). The van der Waals surface area contributed by atoms with Crippen molar-refractivity contribution in [3.05, 3.63) is 84.0 Å². The SMILES string of the molecule is CC(C)(C)c1nc2cc(S(=O)(=O)n3cc(C(=O)NCCO)cn3)ccc2n1CC1CCC(F)(F)CC1.CC(C)(C)c1nc2cc(S(=O)(=O)n3cc(C(=O)O)cn3)ccc2n1CC1CCC(F)(F)CC1. The third-order valence-corrected chi connectivity index (χ3v) is 15.5. The molecule has 69 heavy (non-hydrogen) atoms. The number of alkyl halides is 4. The Balaban J connectivity index is 0.000000205. The molecule has 0 aliphatic heterocycles. The Kier molecular flexibility index (Phi) is 14.0. The van der Waals surface area contributed by atoms with Gasteiger partial charge in [0.15, 0.2) is 0 Å². The topological polar surface area (TPSA) is 226 Å². The normalized spacial score (nSPS) is 17.2. The zero-order valence-corrected chi connectivity index (χ0v) is 40.8. The number of amides is 1. The molecule has 4 heterocycles. The van der Waals surface area contributed by atoms with Gasteiger partial charge in [0.1, 0.15) is 11.6 Å². The minimum Gasteiger partial charge on any atom is -0.478 e. The summed E-state index contributed by atoms with van der Waals surface area (Å²) in [5.74, 6) is -5.35. The third-order valence-electron chi connectivity index (χ3n) is 12.5. The fourth-order valence-electron chi connectivity index (χ4n) is 8.72. The smallest absolute Gasteiger partial charge is 0.338 e. The van der Waals surface area contributed by atoms with E-state index in [4.69, 9.17) is 20.2 Å². The van der Waals surface area contributed by atoms with E-state index in [2.05, 4.69) is 15.5 Å². The van der Waals surface area contributed by atoms with Crippen LogP contribution < -0.4 is 5.32 Å². The number of nitrogens with one attached hydrogen (secondary N) is 1. The van der Waals surface area contributed by atoms with Gasteiger partial charge in [0.05, 0.1) is 74.4 Å². The third kappa shape index (κ3) is 11.2. The van der Waals surface area contributed by atoms with E-state index in [1.54, 1.807) is 12.1 Å². The monoisotopic (exact) mass is 1000 g/mol. The number of imidazole rings is 2. The van der Waals surface area contributed by atoms with Crippen LogP contribution in [-0.2, 0) is 44.0 Å². The van der Waals surface area contributed by atoms with Gasteiger partial charge in [-0.15, -0.1) is 0 Å². The van der Waals surface area contributed by atoms with E-state index in [1.807, 2.05) is 50.7 Å². The number of halogens is 4. The minimum absolute atomic E-state index is 0.0372. The van der Waals surface area contributed by atoms with Gasteiger partial charge in [0, 0.05) is 56.1 Å². The molecule has 0 spiro atoms. The van der Waals surface area contributed by atoms with Crippen molar-refractivity contribution in [1.29, 1.82) is 0 Å². The summed E-state index contributed by atoms with van der Waals surface area (Å²) in [6, 6.07) is 9.14. The van der Waals surface area contributed by atoms with Crippen molar-refractivity contribution < 1.29 is 54.2 Å². The number of rotatable bonds is 12. The van der Waals surface area contributed by atoms with E-state index in [-0.39, 0.29) is 82.4 Å². The van der Waals surface area contributed by atoms with E-state index in [1.165, 1.54) is 24.3 Å². The van der Waals surface area contributed by atoms with E-state index in [9.17, 15) is 44.0 Å². The maximum atomic E-state index is 13.7. The molecule has 0 saturated heterocycles. The Morgan fingerprint density at radius 3 is 1.43 bits per heavy atom. The molecule has 0 unspecified atom stereocenters. The van der Waals surface area contributed by atoms with Crippen LogP contribution in [0.15, 0.2) is 71.0 Å². The molecule has 3 N–H and O–H groups in total. The van der Waals surface area contributed by atoms with Gasteiger partial charge >= 0.3 is 5.97 Å². The van der Waals surface area contributed by atoms with E-state index in [0.29, 0.717) is 53.9 Å². The van der Waals surface area contributed by atoms with Crippen molar-refractivity contribution in [2.75, 3.05) is 13.2 Å². The van der Waals surface area contributed by atoms with E-state index < -0.39 is 43.8 Å². The van der Waals surface area contributed by atoms with Crippen LogP contribution in [0.3, 0.4) is 0 Å². The lowest BCUT2D eigenvalue weighted by Crippen LogP contribution is -2.28. The van der Waals surface area contributed by atoms with Gasteiger partial charge in [-0.1, -0.05) is 41.5 Å². The largest absolute Gasteiger partial charge is 0.478 e. The van der Waals surface area contributed by atoms with Crippen LogP contribution in [0.25, 0.3) is 22.1 Å². The Hall–Kier alpha value is -5.68. The second-order valence-corrected chi connectivity index (χ2v) is 23.6. The van der Waals surface area contributed by atoms with Gasteiger partial charge in [0.2, 0.25) is 11.8 Å². The molecule has 374 valence electrons. The zero-order chi connectivity index (χ0) is 50.5. The van der Waals surface area contributed by atoms with Gasteiger partial charge < -0.3 is 24.7 Å². The van der Waals surface area contributed by atoms with Crippen LogP contribution in [0.4, 0.5) is 17.6 Å². The molecule has 0 bridgehead atoms. The van der Waals surface area contributed by atoms with Crippen LogP contribution in [0, 0.1) is 11.8 Å². The highest BCUT2D eigenvalue weighted by Crippen LogP contribution is 2.40. The molecule has 2 fully saturated rings. The maximum absolute atomic E-state index is 13.7. The van der Waals surface area contributed by atoms with Crippen LogP contribution in [-0.4, -0.2) is 101 Å². The van der Waals surface area contributed by atoms with Crippen LogP contribution in [0.2, 0.25) is 0 Å². The number of carboxylic acid groups (broad SMARTS) is 1. The van der Waals surface area contributed by atoms with Gasteiger partial charge in [-0.3, -0.25) is 4.79 Å². The number of hydrogen-bond acceptors (Lipinski definition) is 11. The fourth-order valence-corrected chi connectivity index (χ4v) is 11.0. The number of carbonyl (C=O) groups excluding carboxylic acids is 1. The first-order valence-electron chi connectivity index (χ1n) is 22.6. The molecular weight excluding hydrogens is 947 g/mol. The molecule has 0 atom stereocenters. The molecular formula is C46H57F4N9O8S2. The standard InChI is InChI=1S/C24H31F2N5O4S.C22H26F2N4O4S/c1-23(2,3)22-29-19-12-18(36(34,35)31-15-17(13-28-31)21(33)27-10-11-32)4-5-20(19)30(22)14-16-6-8-24(25,26)9-7-16;1-21(2,3)20-26-17-10-16(33(31,32)28-13-15(11-25-28)19(29)30)4-5-18(17)27(20)12-14-6-8-22(23,24)9-7-14/h4-5,12-13,15-16,32H,6-11,14H2,1-3H3,(H,27,33);4-5,10-11,13-14H,6-9,12H2,1-3H3,(H,29,30). The van der Waals surface area contributed by atoms with E-state index in [0.717, 1.165) is 51.6 Å². The Morgan fingerprint density at radius 2 is 1.07 bits per heavy atom. The van der Waals surface area contributed by atoms with Crippen molar-refractivity contribution in [1.82, 2.24) is 42.8 Å². The number of aromatic carboxylic acids is 1. The molecule has 4 aromatic heterocycles. The van der Waals surface area contributed by atoms with Crippen molar-refractivity contribution >= 4 is 54.0 Å². The number of benzene rings is 2. The van der Waals surface area contributed by atoms with Gasteiger partial charge in [-0.05, 0) is 73.9 Å². The summed E-state index contributed by atoms with van der Waals surface area (Å²) in [6.45, 7) is 12.9. The second-order valence-electron chi connectivity index (χ2n) is 20.0. The number of carboxylic acids is 1. The van der Waals surface area contributed by atoms with Crippen LogP contribution in [0.5, 0.6) is 0 Å². The number of carbonyl (C=O) groups is 2. The molecule has 6 aromatic rings. The van der Waals surface area contributed by atoms with Crippen molar-refractivity contribution in [2.45, 2.75) is 138 Å². The Bertz CT molecular complexity index is 3090. The molecule has 2 aliphatic carbocycles. The molecule has 23 heteroatoms. The van der Waals surface area contributed by atoms with Gasteiger partial charge in [-0.2, -0.15) is 35.2 Å². The maximum Gasteiger partial charge on any atom is 0.338 e. The van der Waals surface area contributed by atoms with Crippen molar-refractivity contribution in [2.24, 2.45) is 11.8 Å². The lowest BCUT2D eigenvalue weighted by Gasteiger charge is -2.30. The summed E-state index contributed by atoms with van der Waals surface area (Å²) in [6.07, 6.45) is 5.38. The lowest BCUT2D eigenvalue weighted by atomic mass is 9.86. The number of hydrogen-bond donors (Lipinski definition) is 3. The first kappa shape index (κ1) is 51.2. The van der Waals surface area contributed by atoms with Gasteiger partial charge in [0.25, 0.3) is 26.0 Å². The second kappa shape index (κ2) is 18.9. The summed E-state index contributed by atoms with van der Waals surface area (Å²) in [5.41, 5.74) is 1.51. The first-order valence-corrected chi connectivity index (χ1v) is 25.5. The Labute approximate surface area is 397 Å².